The second-order valence-electron chi connectivity index (χ2n) is 2.71. The summed E-state index contributed by atoms with van der Waals surface area (Å²) in [5.74, 6) is -1.59. The maximum absolute atomic E-state index is 12.0. The molecule has 1 rings (SSSR count). The summed E-state index contributed by atoms with van der Waals surface area (Å²) in [6.45, 7) is 0.304. The number of nitrogens with one attached hydrogen (secondary N) is 1. The number of aliphatic hydroxyl groups excluding tert-OH is 1. The van der Waals surface area contributed by atoms with Crippen LogP contribution < -0.4 is 5.32 Å². The zero-order valence-corrected chi connectivity index (χ0v) is 7.08. The molecule has 1 fully saturated rings. The maximum atomic E-state index is 12.0. The van der Waals surface area contributed by atoms with Crippen LogP contribution in [-0.2, 0) is 0 Å². The van der Waals surface area contributed by atoms with Crippen LogP contribution in [0.2, 0.25) is 0 Å². The molecule has 0 amide bonds. The normalized spacial score (nSPS) is 31.0. The van der Waals surface area contributed by atoms with E-state index in [1.165, 1.54) is 0 Å². The first-order valence-corrected chi connectivity index (χ1v) is 3.47. The van der Waals surface area contributed by atoms with Crippen LogP contribution in [-0.4, -0.2) is 30.5 Å². The average molecular weight is 206 g/mol. The van der Waals surface area contributed by atoms with E-state index in [-0.39, 0.29) is 25.4 Å². The Bertz CT molecular complexity index is 141. The van der Waals surface area contributed by atoms with Crippen molar-refractivity contribution in [2.45, 2.75) is 18.7 Å². The minimum Gasteiger partial charge on any atom is -0.392 e. The molecule has 1 aliphatic heterocycles. The van der Waals surface area contributed by atoms with Gasteiger partial charge in [0, 0.05) is 6.54 Å². The Hall–Kier alpha value is -0.0000000000000000555. The number of hydrogen-bond acceptors (Lipinski definition) is 2. The second-order valence-corrected chi connectivity index (χ2v) is 2.71. The quantitative estimate of drug-likeness (QED) is 0.617. The highest BCUT2D eigenvalue weighted by Crippen LogP contribution is 2.30. The Morgan fingerprint density at radius 2 is 1.92 bits per heavy atom. The molecule has 1 aliphatic rings. The van der Waals surface area contributed by atoms with Crippen LogP contribution >= 0.6 is 12.4 Å². The molecule has 2 nitrogen and oxygen atoms in total. The third-order valence-electron chi connectivity index (χ3n) is 1.87. The predicted octanol–water partition coefficient (Wildman–Crippen LogP) is 0.941. The van der Waals surface area contributed by atoms with Gasteiger partial charge in [0.15, 0.2) is 0 Å². The average Bonchev–Trinajstić information content (AvgIpc) is 1.86. The van der Waals surface area contributed by atoms with E-state index in [9.17, 15) is 13.2 Å². The molecule has 0 aromatic heterocycles. The Morgan fingerprint density at radius 1 is 1.33 bits per heavy atom. The third-order valence-corrected chi connectivity index (χ3v) is 1.87. The van der Waals surface area contributed by atoms with E-state index in [0.717, 1.165) is 0 Å². The number of halogens is 4. The van der Waals surface area contributed by atoms with E-state index in [2.05, 4.69) is 5.32 Å². The first kappa shape index (κ1) is 12.0. The van der Waals surface area contributed by atoms with Gasteiger partial charge in [0.2, 0.25) is 0 Å². The first-order valence-electron chi connectivity index (χ1n) is 3.47. The highest BCUT2D eigenvalue weighted by molar-refractivity contribution is 5.85. The summed E-state index contributed by atoms with van der Waals surface area (Å²) in [6, 6.07) is 0. The van der Waals surface area contributed by atoms with Crippen LogP contribution in [0.3, 0.4) is 0 Å². The van der Waals surface area contributed by atoms with Crippen LogP contribution in [0, 0.1) is 5.92 Å². The lowest BCUT2D eigenvalue weighted by Gasteiger charge is -2.29. The summed E-state index contributed by atoms with van der Waals surface area (Å²) in [6.07, 6.45) is -5.31. The summed E-state index contributed by atoms with van der Waals surface area (Å²) in [4.78, 5) is 0. The number of rotatable bonds is 0. The van der Waals surface area contributed by atoms with Crippen molar-refractivity contribution in [3.63, 3.8) is 0 Å². The minimum atomic E-state index is -4.27. The Kier molecular flexibility index (Phi) is 4.30. The fourth-order valence-corrected chi connectivity index (χ4v) is 1.18. The molecular formula is C6H11ClF3NO. The van der Waals surface area contributed by atoms with E-state index in [0.29, 0.717) is 6.54 Å². The standard InChI is InChI=1S/C6H10F3NO.ClH/c7-6(8,9)4-3-10-2-1-5(4)11;/h4-5,10-11H,1-3H2;1H. The molecule has 0 spiro atoms. The van der Waals surface area contributed by atoms with Gasteiger partial charge in [-0.25, -0.2) is 0 Å². The summed E-state index contributed by atoms with van der Waals surface area (Å²) in [5.41, 5.74) is 0. The van der Waals surface area contributed by atoms with Gasteiger partial charge in [-0.2, -0.15) is 13.2 Å². The smallest absolute Gasteiger partial charge is 0.392 e. The van der Waals surface area contributed by atoms with E-state index in [4.69, 9.17) is 5.11 Å². The predicted molar refractivity (Wildman–Crippen MR) is 40.3 cm³/mol. The lowest BCUT2D eigenvalue weighted by atomic mass is 9.96. The van der Waals surface area contributed by atoms with E-state index in [1.54, 1.807) is 0 Å². The van der Waals surface area contributed by atoms with Crippen molar-refractivity contribution in [2.24, 2.45) is 5.92 Å². The summed E-state index contributed by atoms with van der Waals surface area (Å²) >= 11 is 0. The topological polar surface area (TPSA) is 32.3 Å². The molecule has 1 heterocycles. The van der Waals surface area contributed by atoms with Crippen molar-refractivity contribution in [1.82, 2.24) is 5.32 Å². The molecule has 0 aliphatic carbocycles. The van der Waals surface area contributed by atoms with Gasteiger partial charge >= 0.3 is 6.18 Å². The monoisotopic (exact) mass is 205 g/mol. The van der Waals surface area contributed by atoms with Gasteiger partial charge in [-0.3, -0.25) is 0 Å². The highest BCUT2D eigenvalue weighted by Gasteiger charge is 2.44. The molecule has 6 heteroatoms. The van der Waals surface area contributed by atoms with Crippen LogP contribution in [0.1, 0.15) is 6.42 Å². The van der Waals surface area contributed by atoms with E-state index in [1.807, 2.05) is 0 Å². The second kappa shape index (κ2) is 4.30. The molecule has 12 heavy (non-hydrogen) atoms. The zero-order valence-electron chi connectivity index (χ0n) is 6.27. The third kappa shape index (κ3) is 2.80. The van der Waals surface area contributed by atoms with Crippen molar-refractivity contribution in [1.29, 1.82) is 0 Å². The van der Waals surface area contributed by atoms with E-state index < -0.39 is 18.2 Å². The number of hydrogen-bond donors (Lipinski definition) is 2. The summed E-state index contributed by atoms with van der Waals surface area (Å²) < 4.78 is 36.0. The van der Waals surface area contributed by atoms with Gasteiger partial charge in [-0.05, 0) is 13.0 Å². The van der Waals surface area contributed by atoms with Crippen molar-refractivity contribution in [2.75, 3.05) is 13.1 Å². The zero-order chi connectivity index (χ0) is 8.48. The van der Waals surface area contributed by atoms with Gasteiger partial charge in [0.05, 0.1) is 12.0 Å². The van der Waals surface area contributed by atoms with Crippen molar-refractivity contribution in [3.05, 3.63) is 0 Å². The lowest BCUT2D eigenvalue weighted by Crippen LogP contribution is -2.47. The Balaban J connectivity index is 0.00000121. The lowest BCUT2D eigenvalue weighted by molar-refractivity contribution is -0.203. The molecule has 2 atom stereocenters. The Morgan fingerprint density at radius 3 is 2.25 bits per heavy atom. The van der Waals surface area contributed by atoms with E-state index >= 15 is 0 Å². The van der Waals surface area contributed by atoms with Gasteiger partial charge in [-0.1, -0.05) is 0 Å². The van der Waals surface area contributed by atoms with Crippen molar-refractivity contribution < 1.29 is 18.3 Å². The minimum absolute atomic E-state index is 0. The first-order chi connectivity index (χ1) is 5.02. The number of aliphatic hydroxyl groups is 1. The van der Waals surface area contributed by atoms with Crippen molar-refractivity contribution >= 4 is 12.4 Å². The summed E-state index contributed by atoms with van der Waals surface area (Å²) in [5, 5.41) is 11.5. The van der Waals surface area contributed by atoms with Crippen LogP contribution in [0.25, 0.3) is 0 Å². The van der Waals surface area contributed by atoms with Gasteiger partial charge < -0.3 is 10.4 Å². The molecule has 2 unspecified atom stereocenters. The SMILES string of the molecule is Cl.OC1CCNCC1C(F)(F)F. The molecule has 2 N–H and O–H groups in total. The molecule has 1 saturated heterocycles. The van der Waals surface area contributed by atoms with Crippen LogP contribution in [0.15, 0.2) is 0 Å². The molecule has 0 aromatic carbocycles. The molecule has 0 saturated carbocycles. The number of alkyl halides is 3. The molecule has 0 aromatic rings. The number of piperidine rings is 1. The fourth-order valence-electron chi connectivity index (χ4n) is 1.18. The highest BCUT2D eigenvalue weighted by atomic mass is 35.5. The van der Waals surface area contributed by atoms with Gasteiger partial charge in [-0.15, -0.1) is 12.4 Å². The molecular weight excluding hydrogens is 195 g/mol. The van der Waals surface area contributed by atoms with Crippen LogP contribution in [0.5, 0.6) is 0 Å². The van der Waals surface area contributed by atoms with Crippen molar-refractivity contribution in [3.8, 4) is 0 Å². The molecule has 0 radical (unpaired) electrons. The maximum Gasteiger partial charge on any atom is 0.395 e. The summed E-state index contributed by atoms with van der Waals surface area (Å²) in [7, 11) is 0. The fraction of sp³-hybridized carbons (Fsp3) is 1.00. The molecule has 74 valence electrons. The van der Waals surface area contributed by atoms with Gasteiger partial charge in [0.25, 0.3) is 0 Å². The molecule has 0 bridgehead atoms. The largest absolute Gasteiger partial charge is 0.395 e. The van der Waals surface area contributed by atoms with Crippen LogP contribution in [0.4, 0.5) is 13.2 Å². The Labute approximate surface area is 74.6 Å². The van der Waals surface area contributed by atoms with Gasteiger partial charge in [0.1, 0.15) is 0 Å².